The lowest BCUT2D eigenvalue weighted by molar-refractivity contribution is 0.425. The molecule has 0 aliphatic heterocycles. The van der Waals surface area contributed by atoms with Crippen molar-refractivity contribution in [1.29, 1.82) is 0 Å². The monoisotopic (exact) mass is 217 g/mol. The van der Waals surface area contributed by atoms with Gasteiger partial charge in [0.25, 0.3) is 0 Å². The molecule has 2 unspecified atom stereocenters. The Morgan fingerprint density at radius 1 is 1.25 bits per heavy atom. The lowest BCUT2D eigenvalue weighted by atomic mass is 10.0. The van der Waals surface area contributed by atoms with Gasteiger partial charge in [0.05, 0.1) is 0 Å². The Kier molecular flexibility index (Phi) is 3.65. The molecule has 1 heteroatoms. The van der Waals surface area contributed by atoms with Crippen LogP contribution in [0, 0.1) is 19.8 Å². The smallest absolute Gasteiger partial charge is 0.0210 e. The SMILES string of the molecule is Cc1ccc(CNC2CCCC2C)c(C)c1. The quantitative estimate of drug-likeness (QED) is 0.816. The number of benzene rings is 1. The number of rotatable bonds is 3. The fourth-order valence-corrected chi connectivity index (χ4v) is 2.73. The molecule has 1 aromatic rings. The molecule has 2 atom stereocenters. The van der Waals surface area contributed by atoms with Crippen LogP contribution in [-0.4, -0.2) is 6.04 Å². The van der Waals surface area contributed by atoms with Crippen LogP contribution < -0.4 is 5.32 Å². The van der Waals surface area contributed by atoms with Crippen LogP contribution in [0.3, 0.4) is 0 Å². The molecule has 0 spiro atoms. The van der Waals surface area contributed by atoms with Crippen molar-refractivity contribution in [3.05, 3.63) is 34.9 Å². The highest BCUT2D eigenvalue weighted by Gasteiger charge is 2.22. The molecule has 1 N–H and O–H groups in total. The van der Waals surface area contributed by atoms with E-state index in [0.717, 1.165) is 18.5 Å². The molecule has 1 aliphatic rings. The Morgan fingerprint density at radius 2 is 2.06 bits per heavy atom. The van der Waals surface area contributed by atoms with Gasteiger partial charge in [-0.25, -0.2) is 0 Å². The van der Waals surface area contributed by atoms with E-state index in [1.807, 2.05) is 0 Å². The molecule has 0 amide bonds. The van der Waals surface area contributed by atoms with E-state index in [0.29, 0.717) is 0 Å². The van der Waals surface area contributed by atoms with Crippen molar-refractivity contribution >= 4 is 0 Å². The third-order valence-corrected chi connectivity index (χ3v) is 3.91. The van der Waals surface area contributed by atoms with E-state index in [-0.39, 0.29) is 0 Å². The van der Waals surface area contributed by atoms with Crippen LogP contribution in [0.2, 0.25) is 0 Å². The Morgan fingerprint density at radius 3 is 2.69 bits per heavy atom. The third kappa shape index (κ3) is 2.65. The molecule has 1 aromatic carbocycles. The Hall–Kier alpha value is -0.820. The first-order chi connectivity index (χ1) is 7.66. The second-order valence-corrected chi connectivity index (χ2v) is 5.33. The topological polar surface area (TPSA) is 12.0 Å². The Balaban J connectivity index is 1.94. The van der Waals surface area contributed by atoms with Crippen LogP contribution in [0.15, 0.2) is 18.2 Å². The third-order valence-electron chi connectivity index (χ3n) is 3.91. The van der Waals surface area contributed by atoms with Crippen molar-refractivity contribution < 1.29 is 0 Å². The van der Waals surface area contributed by atoms with Gasteiger partial charge in [0.15, 0.2) is 0 Å². The summed E-state index contributed by atoms with van der Waals surface area (Å²) in [5.74, 6) is 0.853. The minimum absolute atomic E-state index is 0.737. The summed E-state index contributed by atoms with van der Waals surface area (Å²) in [5.41, 5.74) is 4.22. The molecule has 16 heavy (non-hydrogen) atoms. The van der Waals surface area contributed by atoms with Gasteiger partial charge in [-0.15, -0.1) is 0 Å². The van der Waals surface area contributed by atoms with Crippen molar-refractivity contribution in [2.24, 2.45) is 5.92 Å². The molecule has 2 rings (SSSR count). The number of hydrogen-bond donors (Lipinski definition) is 1. The predicted octanol–water partition coefficient (Wildman–Crippen LogP) is 3.58. The summed E-state index contributed by atoms with van der Waals surface area (Å²) in [6.45, 7) is 7.76. The summed E-state index contributed by atoms with van der Waals surface area (Å²) >= 11 is 0. The van der Waals surface area contributed by atoms with E-state index < -0.39 is 0 Å². The highest BCUT2D eigenvalue weighted by Crippen LogP contribution is 2.25. The molecule has 0 bridgehead atoms. The summed E-state index contributed by atoms with van der Waals surface area (Å²) < 4.78 is 0. The van der Waals surface area contributed by atoms with Crippen molar-refractivity contribution in [2.75, 3.05) is 0 Å². The number of hydrogen-bond acceptors (Lipinski definition) is 1. The van der Waals surface area contributed by atoms with Gasteiger partial charge in [-0.2, -0.15) is 0 Å². The predicted molar refractivity (Wildman–Crippen MR) is 69.6 cm³/mol. The van der Waals surface area contributed by atoms with Crippen LogP contribution >= 0.6 is 0 Å². The number of aryl methyl sites for hydroxylation is 2. The second-order valence-electron chi connectivity index (χ2n) is 5.33. The first-order valence-electron chi connectivity index (χ1n) is 6.46. The Bertz CT molecular complexity index is 356. The van der Waals surface area contributed by atoms with Gasteiger partial charge in [0.1, 0.15) is 0 Å². The van der Waals surface area contributed by atoms with Crippen LogP contribution in [-0.2, 0) is 6.54 Å². The van der Waals surface area contributed by atoms with Crippen LogP contribution in [0.5, 0.6) is 0 Å². The molecule has 0 heterocycles. The highest BCUT2D eigenvalue weighted by molar-refractivity contribution is 5.30. The Labute approximate surface area is 99.3 Å². The molecule has 0 saturated heterocycles. The van der Waals surface area contributed by atoms with Crippen molar-refractivity contribution in [2.45, 2.75) is 52.6 Å². The lowest BCUT2D eigenvalue weighted by Gasteiger charge is -2.18. The van der Waals surface area contributed by atoms with Crippen LogP contribution in [0.25, 0.3) is 0 Å². The zero-order valence-electron chi connectivity index (χ0n) is 10.7. The highest BCUT2D eigenvalue weighted by atomic mass is 14.9. The van der Waals surface area contributed by atoms with E-state index in [1.54, 1.807) is 0 Å². The maximum Gasteiger partial charge on any atom is 0.0210 e. The van der Waals surface area contributed by atoms with Gasteiger partial charge in [-0.3, -0.25) is 0 Å². The molecule has 0 aromatic heterocycles. The number of nitrogens with one attached hydrogen (secondary N) is 1. The average molecular weight is 217 g/mol. The minimum Gasteiger partial charge on any atom is -0.310 e. The van der Waals surface area contributed by atoms with Gasteiger partial charge in [0, 0.05) is 12.6 Å². The van der Waals surface area contributed by atoms with Crippen molar-refractivity contribution in [3.8, 4) is 0 Å². The molecule has 0 radical (unpaired) electrons. The molecule has 1 saturated carbocycles. The molecule has 88 valence electrons. The van der Waals surface area contributed by atoms with Gasteiger partial charge in [-0.05, 0) is 43.7 Å². The van der Waals surface area contributed by atoms with Gasteiger partial charge >= 0.3 is 0 Å². The van der Waals surface area contributed by atoms with Crippen LogP contribution in [0.4, 0.5) is 0 Å². The van der Waals surface area contributed by atoms with E-state index in [9.17, 15) is 0 Å². The van der Waals surface area contributed by atoms with Gasteiger partial charge in [0.2, 0.25) is 0 Å². The maximum absolute atomic E-state index is 3.71. The van der Waals surface area contributed by atoms with E-state index >= 15 is 0 Å². The summed E-state index contributed by atoms with van der Waals surface area (Å²) in [6, 6.07) is 7.48. The van der Waals surface area contributed by atoms with Gasteiger partial charge < -0.3 is 5.32 Å². The van der Waals surface area contributed by atoms with Crippen molar-refractivity contribution in [1.82, 2.24) is 5.32 Å². The molecular weight excluding hydrogens is 194 g/mol. The summed E-state index contributed by atoms with van der Waals surface area (Å²) in [6.07, 6.45) is 4.14. The summed E-state index contributed by atoms with van der Waals surface area (Å²) in [4.78, 5) is 0. The second kappa shape index (κ2) is 5.01. The molecule has 1 aliphatic carbocycles. The molecule has 1 fully saturated rings. The fourth-order valence-electron chi connectivity index (χ4n) is 2.73. The summed E-state index contributed by atoms with van der Waals surface area (Å²) in [7, 11) is 0. The zero-order valence-corrected chi connectivity index (χ0v) is 10.7. The summed E-state index contributed by atoms with van der Waals surface area (Å²) in [5, 5.41) is 3.71. The molecular formula is C15H23N. The largest absolute Gasteiger partial charge is 0.310 e. The average Bonchev–Trinajstić information content (AvgIpc) is 2.63. The normalized spacial score (nSPS) is 24.9. The van der Waals surface area contributed by atoms with E-state index in [1.165, 1.54) is 36.0 Å². The lowest BCUT2D eigenvalue weighted by Crippen LogP contribution is -2.30. The van der Waals surface area contributed by atoms with Gasteiger partial charge in [-0.1, -0.05) is 37.1 Å². The zero-order chi connectivity index (χ0) is 11.5. The first-order valence-corrected chi connectivity index (χ1v) is 6.46. The standard InChI is InChI=1S/C15H23N/c1-11-7-8-14(13(3)9-11)10-16-15-6-4-5-12(15)2/h7-9,12,15-16H,4-6,10H2,1-3H3. The van der Waals surface area contributed by atoms with E-state index in [2.05, 4.69) is 44.3 Å². The van der Waals surface area contributed by atoms with Crippen molar-refractivity contribution in [3.63, 3.8) is 0 Å². The minimum atomic E-state index is 0.737. The fraction of sp³-hybridized carbons (Fsp3) is 0.600. The maximum atomic E-state index is 3.71. The van der Waals surface area contributed by atoms with E-state index in [4.69, 9.17) is 0 Å². The molecule has 1 nitrogen and oxygen atoms in total. The first kappa shape index (κ1) is 11.7. The van der Waals surface area contributed by atoms with Crippen LogP contribution in [0.1, 0.15) is 42.9 Å².